The van der Waals surface area contributed by atoms with Crippen molar-refractivity contribution in [2.75, 3.05) is 25.5 Å². The van der Waals surface area contributed by atoms with Gasteiger partial charge in [-0.1, -0.05) is 0 Å². The van der Waals surface area contributed by atoms with Crippen molar-refractivity contribution in [2.45, 2.75) is 25.9 Å². The Balaban J connectivity index is 1.99. The Bertz CT molecular complexity index is 520. The molecule has 1 fully saturated rings. The zero-order valence-electron chi connectivity index (χ0n) is 12.4. The lowest BCUT2D eigenvalue weighted by atomic mass is 10.1. The molecule has 7 heteroatoms. The standard InChI is InChI=1S/C14H20N4O3/c1-9-7-18(8-10(2)17(9)3)14(21)16-11-4-5-12(13(19)20)15-6-11/h4-6,9-10H,7-8H2,1-3H3,(H,16,21)(H,19,20). The van der Waals surface area contributed by atoms with Crippen molar-refractivity contribution in [3.8, 4) is 0 Å². The fourth-order valence-corrected chi connectivity index (χ4v) is 2.37. The number of aromatic nitrogens is 1. The summed E-state index contributed by atoms with van der Waals surface area (Å²) in [5.41, 5.74) is 0.444. The van der Waals surface area contributed by atoms with Gasteiger partial charge in [0, 0.05) is 25.2 Å². The third-order valence-electron chi connectivity index (χ3n) is 3.88. The van der Waals surface area contributed by atoms with Crippen molar-refractivity contribution in [2.24, 2.45) is 0 Å². The molecule has 1 aliphatic rings. The first-order valence-electron chi connectivity index (χ1n) is 6.85. The van der Waals surface area contributed by atoms with Crippen LogP contribution in [0.3, 0.4) is 0 Å². The van der Waals surface area contributed by atoms with Gasteiger partial charge in [0.15, 0.2) is 0 Å². The lowest BCUT2D eigenvalue weighted by molar-refractivity contribution is 0.0690. The van der Waals surface area contributed by atoms with Gasteiger partial charge >= 0.3 is 12.0 Å². The maximum atomic E-state index is 12.2. The zero-order valence-corrected chi connectivity index (χ0v) is 12.4. The van der Waals surface area contributed by atoms with Crippen molar-refractivity contribution in [3.63, 3.8) is 0 Å². The molecule has 2 heterocycles. The van der Waals surface area contributed by atoms with Gasteiger partial charge in [-0.15, -0.1) is 0 Å². The van der Waals surface area contributed by atoms with Gasteiger partial charge in [-0.2, -0.15) is 0 Å². The molecule has 1 aromatic rings. The molecule has 1 saturated heterocycles. The number of anilines is 1. The Morgan fingerprint density at radius 2 is 1.90 bits per heavy atom. The fourth-order valence-electron chi connectivity index (χ4n) is 2.37. The van der Waals surface area contributed by atoms with E-state index in [4.69, 9.17) is 5.11 Å². The molecule has 2 atom stereocenters. The van der Waals surface area contributed by atoms with E-state index in [0.29, 0.717) is 30.9 Å². The molecule has 0 aliphatic carbocycles. The number of carbonyl (C=O) groups is 2. The first kappa shape index (κ1) is 15.2. The number of rotatable bonds is 2. The minimum absolute atomic E-state index is 0.0464. The van der Waals surface area contributed by atoms with Gasteiger partial charge in [-0.3, -0.25) is 4.90 Å². The summed E-state index contributed by atoms with van der Waals surface area (Å²) in [5, 5.41) is 11.5. The average Bonchev–Trinajstić information content (AvgIpc) is 2.44. The predicted molar refractivity (Wildman–Crippen MR) is 78.5 cm³/mol. The van der Waals surface area contributed by atoms with Crippen LogP contribution in [0.15, 0.2) is 18.3 Å². The lowest BCUT2D eigenvalue weighted by Crippen LogP contribution is -2.57. The second kappa shape index (κ2) is 6.09. The number of hydrogen-bond donors (Lipinski definition) is 2. The Morgan fingerprint density at radius 3 is 2.38 bits per heavy atom. The Kier molecular flexibility index (Phi) is 4.42. The van der Waals surface area contributed by atoms with Gasteiger partial charge in [0.25, 0.3) is 0 Å². The second-order valence-corrected chi connectivity index (χ2v) is 5.44. The molecule has 0 aromatic carbocycles. The number of carboxylic acids is 1. The molecule has 0 bridgehead atoms. The molecule has 2 rings (SSSR count). The van der Waals surface area contributed by atoms with Gasteiger partial charge in [0.05, 0.1) is 11.9 Å². The molecule has 1 aromatic heterocycles. The number of aromatic carboxylic acids is 1. The van der Waals surface area contributed by atoms with Crippen LogP contribution in [-0.4, -0.2) is 64.1 Å². The minimum atomic E-state index is -1.09. The van der Waals surface area contributed by atoms with Crippen molar-refractivity contribution in [1.29, 1.82) is 0 Å². The number of carbonyl (C=O) groups excluding carboxylic acids is 1. The molecule has 0 saturated carbocycles. The molecular weight excluding hydrogens is 272 g/mol. The van der Waals surface area contributed by atoms with Gasteiger partial charge in [-0.05, 0) is 33.0 Å². The smallest absolute Gasteiger partial charge is 0.354 e. The molecule has 0 spiro atoms. The van der Waals surface area contributed by atoms with E-state index in [-0.39, 0.29) is 11.7 Å². The van der Waals surface area contributed by atoms with Gasteiger partial charge in [0.2, 0.25) is 0 Å². The van der Waals surface area contributed by atoms with Gasteiger partial charge in [0.1, 0.15) is 5.69 Å². The largest absolute Gasteiger partial charge is 0.477 e. The summed E-state index contributed by atoms with van der Waals surface area (Å²) in [5.74, 6) is -1.09. The predicted octanol–water partition coefficient (Wildman–Crippen LogP) is 1.34. The number of urea groups is 1. The monoisotopic (exact) mass is 292 g/mol. The van der Waals surface area contributed by atoms with Gasteiger partial charge < -0.3 is 15.3 Å². The van der Waals surface area contributed by atoms with Crippen LogP contribution in [-0.2, 0) is 0 Å². The van der Waals surface area contributed by atoms with E-state index in [9.17, 15) is 9.59 Å². The van der Waals surface area contributed by atoms with Crippen molar-refractivity contribution < 1.29 is 14.7 Å². The number of piperazine rings is 1. The topological polar surface area (TPSA) is 85.8 Å². The lowest BCUT2D eigenvalue weighted by Gasteiger charge is -2.42. The first-order chi connectivity index (χ1) is 9.88. The number of carboxylic acid groups (broad SMARTS) is 1. The molecule has 7 nitrogen and oxygen atoms in total. The van der Waals surface area contributed by atoms with E-state index in [1.54, 1.807) is 4.90 Å². The van der Waals surface area contributed by atoms with Crippen LogP contribution < -0.4 is 5.32 Å². The van der Waals surface area contributed by atoms with Crippen LogP contribution in [0.25, 0.3) is 0 Å². The molecule has 114 valence electrons. The summed E-state index contributed by atoms with van der Waals surface area (Å²) in [6.07, 6.45) is 1.35. The number of nitrogens with one attached hydrogen (secondary N) is 1. The van der Waals surface area contributed by atoms with Crippen LogP contribution in [0.4, 0.5) is 10.5 Å². The fraction of sp³-hybridized carbons (Fsp3) is 0.500. The van der Waals surface area contributed by atoms with E-state index in [1.165, 1.54) is 18.3 Å². The van der Waals surface area contributed by atoms with Crippen LogP contribution in [0, 0.1) is 0 Å². The summed E-state index contributed by atoms with van der Waals surface area (Å²) in [4.78, 5) is 30.7. The summed E-state index contributed by atoms with van der Waals surface area (Å²) < 4.78 is 0. The third kappa shape index (κ3) is 3.49. The van der Waals surface area contributed by atoms with E-state index in [0.717, 1.165) is 0 Å². The second-order valence-electron chi connectivity index (χ2n) is 5.44. The SMILES string of the molecule is CC1CN(C(=O)Nc2ccc(C(=O)O)nc2)CC(C)N1C. The van der Waals surface area contributed by atoms with E-state index < -0.39 is 5.97 Å². The average molecular weight is 292 g/mol. The normalized spacial score (nSPS) is 22.9. The van der Waals surface area contributed by atoms with E-state index in [2.05, 4.69) is 36.1 Å². The van der Waals surface area contributed by atoms with Crippen molar-refractivity contribution >= 4 is 17.7 Å². The van der Waals surface area contributed by atoms with Gasteiger partial charge in [-0.25, -0.2) is 14.6 Å². The molecule has 0 radical (unpaired) electrons. The molecular formula is C14H20N4O3. The molecule has 2 N–H and O–H groups in total. The van der Waals surface area contributed by atoms with Crippen LogP contribution in [0.2, 0.25) is 0 Å². The number of likely N-dealkylation sites (N-methyl/N-ethyl adjacent to an activating group) is 1. The van der Waals surface area contributed by atoms with Crippen LogP contribution in [0.5, 0.6) is 0 Å². The van der Waals surface area contributed by atoms with Crippen molar-refractivity contribution in [1.82, 2.24) is 14.8 Å². The Hall–Kier alpha value is -2.15. The highest BCUT2D eigenvalue weighted by molar-refractivity contribution is 5.90. The molecule has 1 aliphatic heterocycles. The highest BCUT2D eigenvalue weighted by Crippen LogP contribution is 2.15. The maximum Gasteiger partial charge on any atom is 0.354 e. The number of nitrogens with zero attached hydrogens (tertiary/aromatic N) is 3. The molecule has 2 amide bonds. The highest BCUT2D eigenvalue weighted by Gasteiger charge is 2.29. The summed E-state index contributed by atoms with van der Waals surface area (Å²) in [6, 6.07) is 3.32. The number of pyridine rings is 1. The Morgan fingerprint density at radius 1 is 1.29 bits per heavy atom. The number of hydrogen-bond acceptors (Lipinski definition) is 4. The summed E-state index contributed by atoms with van der Waals surface area (Å²) in [7, 11) is 2.05. The van der Waals surface area contributed by atoms with E-state index in [1.807, 2.05) is 0 Å². The number of amides is 2. The first-order valence-corrected chi connectivity index (χ1v) is 6.85. The maximum absolute atomic E-state index is 12.2. The Labute approximate surface area is 123 Å². The van der Waals surface area contributed by atoms with E-state index >= 15 is 0 Å². The molecule has 2 unspecified atom stereocenters. The minimum Gasteiger partial charge on any atom is -0.477 e. The van der Waals surface area contributed by atoms with Crippen LogP contribution >= 0.6 is 0 Å². The van der Waals surface area contributed by atoms with Crippen LogP contribution in [0.1, 0.15) is 24.3 Å². The third-order valence-corrected chi connectivity index (χ3v) is 3.88. The van der Waals surface area contributed by atoms with Crippen molar-refractivity contribution in [3.05, 3.63) is 24.0 Å². The summed E-state index contributed by atoms with van der Waals surface area (Å²) >= 11 is 0. The zero-order chi connectivity index (χ0) is 15.6. The highest BCUT2D eigenvalue weighted by atomic mass is 16.4. The molecule has 21 heavy (non-hydrogen) atoms. The summed E-state index contributed by atoms with van der Waals surface area (Å²) in [6.45, 7) is 5.49. The quantitative estimate of drug-likeness (QED) is 0.859.